The fourth-order valence-corrected chi connectivity index (χ4v) is 4.08. The summed E-state index contributed by atoms with van der Waals surface area (Å²) in [5, 5.41) is -0.539. The molecule has 1 fully saturated rings. The molecule has 1 aliphatic heterocycles. The van der Waals surface area contributed by atoms with Crippen LogP contribution in [-0.2, 0) is 16.1 Å². The lowest BCUT2D eigenvalue weighted by atomic mass is 9.87. The summed E-state index contributed by atoms with van der Waals surface area (Å²) in [5.74, 6) is -4.86. The number of imidazole rings is 1. The van der Waals surface area contributed by atoms with Crippen LogP contribution < -0.4 is 0 Å². The van der Waals surface area contributed by atoms with Crippen molar-refractivity contribution < 1.29 is 36.2 Å². The van der Waals surface area contributed by atoms with E-state index in [2.05, 4.69) is 9.97 Å². The van der Waals surface area contributed by atoms with E-state index in [1.165, 1.54) is 18.5 Å². The lowest BCUT2D eigenvalue weighted by Crippen LogP contribution is -2.48. The summed E-state index contributed by atoms with van der Waals surface area (Å²) < 4.78 is 82.7. The molecule has 13 heteroatoms. The van der Waals surface area contributed by atoms with Gasteiger partial charge in [-0.2, -0.15) is 13.2 Å². The van der Waals surface area contributed by atoms with Crippen molar-refractivity contribution >= 4 is 23.5 Å². The summed E-state index contributed by atoms with van der Waals surface area (Å²) in [6, 6.07) is 10.9. The van der Waals surface area contributed by atoms with Gasteiger partial charge in [0.15, 0.2) is 0 Å². The number of carbonyl (C=O) groups is 1. The molecule has 37 heavy (non-hydrogen) atoms. The van der Waals surface area contributed by atoms with E-state index in [4.69, 9.17) is 21.7 Å². The number of amides is 1. The maximum atomic E-state index is 14.9. The van der Waals surface area contributed by atoms with Crippen LogP contribution in [-0.4, -0.2) is 55.9 Å². The Morgan fingerprint density at radius 2 is 1.95 bits per heavy atom. The van der Waals surface area contributed by atoms with Gasteiger partial charge in [0, 0.05) is 38.1 Å². The van der Waals surface area contributed by atoms with Gasteiger partial charge in [-0.3, -0.25) is 9.55 Å². The molecule has 1 aromatic carbocycles. The number of thiocarbonyl (C=S) groups is 1. The highest BCUT2D eigenvalue weighted by Gasteiger charge is 2.48. The lowest BCUT2D eigenvalue weighted by Gasteiger charge is -2.38. The largest absolute Gasteiger partial charge is 0.451 e. The van der Waals surface area contributed by atoms with Crippen LogP contribution in [0.5, 0.6) is 0 Å². The van der Waals surface area contributed by atoms with Gasteiger partial charge in [0.25, 0.3) is 11.1 Å². The first kappa shape index (κ1) is 26.5. The third kappa shape index (κ3) is 6.40. The summed E-state index contributed by atoms with van der Waals surface area (Å²) in [7, 11) is 0. The van der Waals surface area contributed by atoms with Crippen molar-refractivity contribution in [1.82, 2.24) is 19.4 Å². The van der Waals surface area contributed by atoms with Crippen molar-refractivity contribution in [2.45, 2.75) is 37.1 Å². The molecule has 0 aliphatic carbocycles. The molecular formula is C24H21F5N4O3S. The maximum Gasteiger partial charge on any atom is 0.431 e. The molecule has 2 aromatic heterocycles. The molecule has 0 spiro atoms. The van der Waals surface area contributed by atoms with Gasteiger partial charge >= 0.3 is 12.3 Å². The molecule has 3 heterocycles. The van der Waals surface area contributed by atoms with Crippen LogP contribution in [0.3, 0.4) is 0 Å². The predicted octanol–water partition coefficient (Wildman–Crippen LogP) is 5.49. The standard InChI is InChI=1S/C24H21F5N4O3S/c25-23(26)7-10-32(21(34)35-14-16-4-2-1-3-5-16)13-18(23)17-6-8-31-19(12-17)20(24(27,28)29)36-22(37)33-11-9-30-15-33/h1-6,8-9,11-12,15,18,20H,7,10,13-14H2. The monoisotopic (exact) mass is 540 g/mol. The molecular weight excluding hydrogens is 519 g/mol. The second-order valence-corrected chi connectivity index (χ2v) is 8.69. The van der Waals surface area contributed by atoms with Gasteiger partial charge in [-0.15, -0.1) is 0 Å². The lowest BCUT2D eigenvalue weighted by molar-refractivity contribution is -0.202. The highest BCUT2D eigenvalue weighted by Crippen LogP contribution is 2.42. The second kappa shape index (κ2) is 10.8. The van der Waals surface area contributed by atoms with E-state index >= 15 is 0 Å². The zero-order valence-corrected chi connectivity index (χ0v) is 20.0. The number of piperidine rings is 1. The fourth-order valence-electron chi connectivity index (χ4n) is 3.88. The molecule has 7 nitrogen and oxygen atoms in total. The number of carbonyl (C=O) groups excluding carboxylic acids is 1. The van der Waals surface area contributed by atoms with Gasteiger partial charge in [0.05, 0.1) is 11.6 Å². The van der Waals surface area contributed by atoms with Crippen LogP contribution >= 0.6 is 12.2 Å². The average molecular weight is 541 g/mol. The van der Waals surface area contributed by atoms with Crippen molar-refractivity contribution in [1.29, 1.82) is 0 Å². The molecule has 3 aromatic rings. The first-order chi connectivity index (χ1) is 17.5. The van der Waals surface area contributed by atoms with E-state index in [9.17, 15) is 26.7 Å². The molecule has 2 unspecified atom stereocenters. The van der Waals surface area contributed by atoms with Crippen LogP contribution in [0.4, 0.5) is 26.7 Å². The Morgan fingerprint density at radius 3 is 2.62 bits per heavy atom. The van der Waals surface area contributed by atoms with Gasteiger partial charge in [-0.1, -0.05) is 30.3 Å². The topological polar surface area (TPSA) is 69.5 Å². The van der Waals surface area contributed by atoms with Crippen molar-refractivity contribution in [3.63, 3.8) is 0 Å². The molecule has 2 atom stereocenters. The number of rotatable bonds is 5. The number of nitrogens with zero attached hydrogens (tertiary/aromatic N) is 4. The van der Waals surface area contributed by atoms with Crippen LogP contribution in [0.1, 0.15) is 35.3 Å². The van der Waals surface area contributed by atoms with Gasteiger partial charge in [0.2, 0.25) is 6.10 Å². The first-order valence-corrected chi connectivity index (χ1v) is 11.5. The smallest absolute Gasteiger partial charge is 0.431 e. The van der Waals surface area contributed by atoms with E-state index in [0.717, 1.165) is 33.6 Å². The molecule has 1 amide bonds. The summed E-state index contributed by atoms with van der Waals surface area (Å²) in [6.07, 6.45) is -4.26. The van der Waals surface area contributed by atoms with Gasteiger partial charge in [-0.05, 0) is 35.5 Å². The number of hydrogen-bond acceptors (Lipinski definition) is 6. The summed E-state index contributed by atoms with van der Waals surface area (Å²) in [6.45, 7) is -0.754. The zero-order valence-electron chi connectivity index (χ0n) is 19.1. The number of aromatic nitrogens is 3. The Balaban J connectivity index is 1.53. The van der Waals surface area contributed by atoms with Crippen molar-refractivity contribution in [2.75, 3.05) is 13.1 Å². The summed E-state index contributed by atoms with van der Waals surface area (Å²) >= 11 is 4.91. The van der Waals surface area contributed by atoms with E-state index < -0.39 is 54.0 Å². The number of hydrogen-bond donors (Lipinski definition) is 0. The Morgan fingerprint density at radius 1 is 1.19 bits per heavy atom. The Kier molecular flexibility index (Phi) is 7.71. The molecule has 4 rings (SSSR count). The van der Waals surface area contributed by atoms with Crippen molar-refractivity contribution in [3.05, 3.63) is 84.2 Å². The SMILES string of the molecule is O=C(OCc1ccccc1)N1CCC(F)(F)C(c2ccnc(C(OC(=S)n3ccnc3)C(F)(F)F)c2)C1. The summed E-state index contributed by atoms with van der Waals surface area (Å²) in [5.41, 5.74) is -0.0469. The Labute approximate surface area is 213 Å². The molecule has 0 saturated carbocycles. The number of likely N-dealkylation sites (tertiary alicyclic amines) is 1. The highest BCUT2D eigenvalue weighted by molar-refractivity contribution is 7.80. The van der Waals surface area contributed by atoms with Gasteiger partial charge in [-0.25, -0.2) is 18.6 Å². The minimum Gasteiger partial charge on any atom is -0.451 e. The Bertz CT molecular complexity index is 1220. The fraction of sp³-hybridized carbons (Fsp3) is 0.333. The maximum absolute atomic E-state index is 14.9. The van der Waals surface area contributed by atoms with Crippen LogP contribution in [0.15, 0.2) is 67.4 Å². The van der Waals surface area contributed by atoms with E-state index in [1.54, 1.807) is 30.3 Å². The minimum atomic E-state index is -4.95. The quantitative estimate of drug-likeness (QED) is 0.315. The third-order valence-electron chi connectivity index (χ3n) is 5.80. The van der Waals surface area contributed by atoms with Gasteiger partial charge in [0.1, 0.15) is 12.9 Å². The molecule has 196 valence electrons. The molecule has 1 aliphatic rings. The van der Waals surface area contributed by atoms with E-state index in [0.29, 0.717) is 0 Å². The van der Waals surface area contributed by atoms with E-state index in [1.807, 2.05) is 0 Å². The first-order valence-electron chi connectivity index (χ1n) is 11.1. The van der Waals surface area contributed by atoms with Crippen molar-refractivity contribution in [2.24, 2.45) is 0 Å². The summed E-state index contributed by atoms with van der Waals surface area (Å²) in [4.78, 5) is 21.1. The third-order valence-corrected chi connectivity index (χ3v) is 6.11. The number of halogens is 5. The normalized spacial score (nSPS) is 18.2. The van der Waals surface area contributed by atoms with Crippen molar-refractivity contribution in [3.8, 4) is 0 Å². The average Bonchev–Trinajstić information content (AvgIpc) is 3.41. The zero-order chi connectivity index (χ0) is 26.6. The molecule has 0 radical (unpaired) electrons. The number of pyridine rings is 1. The van der Waals surface area contributed by atoms with Crippen LogP contribution in [0.2, 0.25) is 0 Å². The second-order valence-electron chi connectivity index (χ2n) is 8.34. The number of ether oxygens (including phenoxy) is 2. The highest BCUT2D eigenvalue weighted by atomic mass is 32.1. The van der Waals surface area contributed by atoms with Gasteiger partial charge < -0.3 is 14.4 Å². The van der Waals surface area contributed by atoms with E-state index in [-0.39, 0.29) is 18.7 Å². The number of alkyl halides is 5. The number of benzene rings is 1. The van der Waals surface area contributed by atoms with Crippen LogP contribution in [0, 0.1) is 0 Å². The minimum absolute atomic E-state index is 0.0436. The Hall–Kier alpha value is -3.61. The molecule has 0 bridgehead atoms. The molecule has 1 saturated heterocycles. The predicted molar refractivity (Wildman–Crippen MR) is 125 cm³/mol. The molecule has 0 N–H and O–H groups in total. The van der Waals surface area contributed by atoms with Crippen LogP contribution in [0.25, 0.3) is 0 Å².